The van der Waals surface area contributed by atoms with Gasteiger partial charge < -0.3 is 19.0 Å². The van der Waals surface area contributed by atoms with Crippen molar-refractivity contribution in [3.8, 4) is 0 Å². The van der Waals surface area contributed by atoms with Crippen LogP contribution in [0.25, 0.3) is 0 Å². The standard InChI is InChI=1S/Au.Cd.O.S.Zn/q+3;+2;2*-2;+2. The third kappa shape index (κ3) is 20.7. The molecule has 0 aliphatic rings. The number of rotatable bonds is 0. The molecule has 0 aromatic heterocycles. The van der Waals surface area contributed by atoms with Gasteiger partial charge in [-0.25, -0.2) is 0 Å². The van der Waals surface area contributed by atoms with E-state index in [-0.39, 0.29) is 88.1 Å². The van der Waals surface area contributed by atoms with Crippen LogP contribution in [0.5, 0.6) is 0 Å². The molecular weight excluding hydrogens is 423 g/mol. The number of hydrogen-bond donors (Lipinski definition) is 0. The molecule has 0 aromatic carbocycles. The van der Waals surface area contributed by atoms with Gasteiger partial charge in [-0.3, -0.25) is 0 Å². The average molecular weight is 423 g/mol. The van der Waals surface area contributed by atoms with Gasteiger partial charge in [0.1, 0.15) is 0 Å². The van der Waals surface area contributed by atoms with Gasteiger partial charge in [-0.2, -0.15) is 0 Å². The second-order valence-corrected chi connectivity index (χ2v) is 0. The minimum absolute atomic E-state index is 0. The zero-order chi connectivity index (χ0) is 0. The third-order valence-corrected chi connectivity index (χ3v) is 0. The van der Waals surface area contributed by atoms with E-state index in [9.17, 15) is 0 Å². The fraction of sp³-hybridized carbons (Fsp3) is 0. The summed E-state index contributed by atoms with van der Waals surface area (Å²) in [5, 5.41) is 0. The van der Waals surface area contributed by atoms with Gasteiger partial charge in [0.15, 0.2) is 0 Å². The zero-order valence-corrected chi connectivity index (χ0v) is 12.5. The molecule has 0 saturated heterocycles. The molecule has 0 radical (unpaired) electrons. The molecule has 0 aromatic rings. The van der Waals surface area contributed by atoms with Crippen molar-refractivity contribution < 1.29 is 74.6 Å². The summed E-state index contributed by atoms with van der Waals surface area (Å²) < 4.78 is 0. The van der Waals surface area contributed by atoms with E-state index in [0.717, 1.165) is 0 Å². The summed E-state index contributed by atoms with van der Waals surface area (Å²) >= 11 is 0. The van der Waals surface area contributed by atoms with Gasteiger partial charge in [0.25, 0.3) is 0 Å². The Balaban J connectivity index is 0. The van der Waals surface area contributed by atoms with Crippen LogP contribution in [0.4, 0.5) is 0 Å². The average Bonchev–Trinajstić information content (AvgIpc) is 0. The molecule has 5 heteroatoms. The molecule has 0 fully saturated rings. The van der Waals surface area contributed by atoms with Crippen molar-refractivity contribution in [2.45, 2.75) is 0 Å². The first-order valence-electron chi connectivity index (χ1n) is 0. The van der Waals surface area contributed by atoms with E-state index in [1.807, 2.05) is 0 Å². The summed E-state index contributed by atoms with van der Waals surface area (Å²) in [6.07, 6.45) is 0. The normalized spacial score (nSPS) is 0. The second-order valence-electron chi connectivity index (χ2n) is 0. The maximum absolute atomic E-state index is 0. The van der Waals surface area contributed by atoms with E-state index in [4.69, 9.17) is 0 Å². The van der Waals surface area contributed by atoms with Gasteiger partial charge >= 0.3 is 69.2 Å². The maximum Gasteiger partial charge on any atom is 3.00 e. The van der Waals surface area contributed by atoms with Crippen LogP contribution >= 0.6 is 0 Å². The molecule has 0 amide bonds. The van der Waals surface area contributed by atoms with Gasteiger partial charge in [0, 0.05) is 0 Å². The fourth-order valence-electron chi connectivity index (χ4n) is 0. The topological polar surface area (TPSA) is 28.5 Å². The molecule has 0 rings (SSSR count). The molecule has 24 valence electrons. The molecule has 5 heavy (non-hydrogen) atoms. The van der Waals surface area contributed by atoms with Crippen molar-refractivity contribution in [2.75, 3.05) is 0 Å². The second kappa shape index (κ2) is 30.7. The van der Waals surface area contributed by atoms with E-state index < -0.39 is 0 Å². The first-order chi connectivity index (χ1) is 0. The van der Waals surface area contributed by atoms with E-state index in [1.165, 1.54) is 0 Å². The monoisotopic (exact) mass is 423 g/mol. The van der Waals surface area contributed by atoms with Crippen LogP contribution in [0.15, 0.2) is 0 Å². The van der Waals surface area contributed by atoms with E-state index in [0.29, 0.717) is 0 Å². The van der Waals surface area contributed by atoms with Crippen LogP contribution in [0, 0.1) is 0 Å². The Morgan fingerprint density at radius 3 is 1.00 bits per heavy atom. The van der Waals surface area contributed by atoms with E-state index in [1.54, 1.807) is 0 Å². The Morgan fingerprint density at radius 2 is 1.00 bits per heavy atom. The van der Waals surface area contributed by atoms with Crippen LogP contribution in [0.1, 0.15) is 0 Å². The van der Waals surface area contributed by atoms with Crippen molar-refractivity contribution in [3.63, 3.8) is 0 Å². The molecule has 0 heterocycles. The Labute approximate surface area is 86.8 Å². The van der Waals surface area contributed by atoms with Crippen molar-refractivity contribution in [3.05, 3.63) is 0 Å². The molecule has 0 unspecified atom stereocenters. The summed E-state index contributed by atoms with van der Waals surface area (Å²) in [5.74, 6) is 0. The van der Waals surface area contributed by atoms with Crippen LogP contribution < -0.4 is 0 Å². The summed E-state index contributed by atoms with van der Waals surface area (Å²) in [6, 6.07) is 0. The Bertz CT molecular complexity index is 11.6. The van der Waals surface area contributed by atoms with Gasteiger partial charge in [0.2, 0.25) is 0 Å². The smallest absolute Gasteiger partial charge is 2.00 e. The van der Waals surface area contributed by atoms with Crippen LogP contribution in [-0.4, -0.2) is 0 Å². The van der Waals surface area contributed by atoms with E-state index in [2.05, 4.69) is 0 Å². The minimum atomic E-state index is 0. The summed E-state index contributed by atoms with van der Waals surface area (Å²) in [5.41, 5.74) is 0. The minimum Gasteiger partial charge on any atom is -2.00 e. The summed E-state index contributed by atoms with van der Waals surface area (Å²) in [6.45, 7) is 0. The van der Waals surface area contributed by atoms with Gasteiger partial charge in [-0.1, -0.05) is 0 Å². The molecule has 0 aliphatic heterocycles. The SMILES string of the molecule is [Au+3].[Cd+2].[O-2].[S-2].[Zn+2]. The Kier molecular flexibility index (Phi) is 301. The Hall–Kier alpha value is 2.60. The van der Waals surface area contributed by atoms with Crippen molar-refractivity contribution in [1.82, 2.24) is 0 Å². The van der Waals surface area contributed by atoms with Crippen molar-refractivity contribution in [2.24, 2.45) is 0 Å². The molecule has 0 spiro atoms. The molecule has 0 N–H and O–H groups in total. The van der Waals surface area contributed by atoms with Gasteiger partial charge in [-0.05, 0) is 0 Å². The first-order valence-corrected chi connectivity index (χ1v) is 0. The number of hydrogen-bond acceptors (Lipinski definition) is 0. The molecule has 0 saturated carbocycles. The van der Waals surface area contributed by atoms with Crippen molar-refractivity contribution >= 4 is 13.5 Å². The molecule has 0 aliphatic carbocycles. The summed E-state index contributed by atoms with van der Waals surface area (Å²) in [7, 11) is 0. The zero-order valence-electron chi connectivity index (χ0n) is 2.53. The predicted octanol–water partition coefficient (Wildman–Crippen LogP) is -0.129. The fourth-order valence-corrected chi connectivity index (χ4v) is 0. The first kappa shape index (κ1) is 49.0. The molecular formula is AuCdOSZn+3. The molecule has 0 atom stereocenters. The Morgan fingerprint density at radius 1 is 1.00 bits per heavy atom. The van der Waals surface area contributed by atoms with Crippen LogP contribution in [-0.2, 0) is 88.1 Å². The van der Waals surface area contributed by atoms with Gasteiger partial charge in [-0.15, -0.1) is 0 Å². The van der Waals surface area contributed by atoms with Crippen molar-refractivity contribution in [1.29, 1.82) is 0 Å². The summed E-state index contributed by atoms with van der Waals surface area (Å²) in [4.78, 5) is 0. The third-order valence-electron chi connectivity index (χ3n) is 0. The van der Waals surface area contributed by atoms with Crippen LogP contribution in [0.2, 0.25) is 0 Å². The largest absolute Gasteiger partial charge is 3.00 e. The predicted molar refractivity (Wildman–Crippen MR) is 8.05 cm³/mol. The molecule has 0 bridgehead atoms. The van der Waals surface area contributed by atoms with E-state index >= 15 is 0 Å². The maximum atomic E-state index is 0. The van der Waals surface area contributed by atoms with Crippen LogP contribution in [0.3, 0.4) is 0 Å². The van der Waals surface area contributed by atoms with Gasteiger partial charge in [0.05, 0.1) is 0 Å². The quantitative estimate of drug-likeness (QED) is 0.487. The molecule has 1 nitrogen and oxygen atoms in total.